The highest BCUT2D eigenvalue weighted by molar-refractivity contribution is 8.14. The van der Waals surface area contributed by atoms with Crippen molar-refractivity contribution >= 4 is 22.9 Å². The van der Waals surface area contributed by atoms with Crippen molar-refractivity contribution in [2.75, 3.05) is 5.75 Å². The summed E-state index contributed by atoms with van der Waals surface area (Å²) in [5.74, 6) is -1.18. The average molecular weight is 409 g/mol. The Hall–Kier alpha value is -1.57. The van der Waals surface area contributed by atoms with E-state index in [0.29, 0.717) is 12.2 Å². The van der Waals surface area contributed by atoms with Gasteiger partial charge in [0, 0.05) is 24.3 Å². The molecule has 0 radical (unpaired) electrons. The zero-order chi connectivity index (χ0) is 20.6. The van der Waals surface area contributed by atoms with Gasteiger partial charge in [-0.1, -0.05) is 29.5 Å². The fourth-order valence-corrected chi connectivity index (χ4v) is 4.52. The molecule has 0 aromatic heterocycles. The minimum atomic E-state index is -1.48. The van der Waals surface area contributed by atoms with Crippen LogP contribution in [0.3, 0.4) is 0 Å². The summed E-state index contributed by atoms with van der Waals surface area (Å²) in [7, 11) is 0. The zero-order valence-electron chi connectivity index (χ0n) is 16.6. The molecule has 0 aliphatic carbocycles. The highest BCUT2D eigenvalue weighted by atomic mass is 32.2. The minimum Gasteiger partial charge on any atom is -0.364 e. The Morgan fingerprint density at radius 1 is 1.43 bits per heavy atom. The van der Waals surface area contributed by atoms with Gasteiger partial charge in [-0.3, -0.25) is 9.59 Å². The molecule has 6 nitrogen and oxygen atoms in total. The summed E-state index contributed by atoms with van der Waals surface area (Å²) >= 11 is 1.14. The van der Waals surface area contributed by atoms with Crippen LogP contribution in [0.15, 0.2) is 37.0 Å². The third-order valence-electron chi connectivity index (χ3n) is 5.08. The molecule has 28 heavy (non-hydrogen) atoms. The molecular weight excluding hydrogens is 376 g/mol. The molecule has 156 valence electrons. The van der Waals surface area contributed by atoms with Crippen LogP contribution >= 0.6 is 11.8 Å². The summed E-state index contributed by atoms with van der Waals surface area (Å²) in [6.45, 7) is 9.36. The quantitative estimate of drug-likeness (QED) is 0.293. The van der Waals surface area contributed by atoms with Gasteiger partial charge in [-0.25, -0.2) is 0 Å². The molecule has 0 aromatic carbocycles. The van der Waals surface area contributed by atoms with Crippen LogP contribution in [0, 0.1) is 0 Å². The highest BCUT2D eigenvalue weighted by Crippen LogP contribution is 2.35. The largest absolute Gasteiger partial charge is 0.364 e. The van der Waals surface area contributed by atoms with Crippen LogP contribution < -0.4 is 10.6 Å². The number of carbonyl (C=O) groups excluding carboxylic acids is 2. The second-order valence-electron chi connectivity index (χ2n) is 7.56. The molecule has 2 aliphatic rings. The van der Waals surface area contributed by atoms with E-state index in [1.54, 1.807) is 6.08 Å². The van der Waals surface area contributed by atoms with Crippen molar-refractivity contribution in [3.8, 4) is 0 Å². The minimum absolute atomic E-state index is 0.155. The number of carbonyl (C=O) groups is 2. The number of thioether (sulfide) groups is 1. The van der Waals surface area contributed by atoms with Gasteiger partial charge in [-0.05, 0) is 45.4 Å². The molecule has 2 saturated heterocycles. The van der Waals surface area contributed by atoms with Gasteiger partial charge in [0.05, 0.1) is 12.1 Å². The van der Waals surface area contributed by atoms with Crippen molar-refractivity contribution in [1.29, 1.82) is 0 Å². The first-order valence-corrected chi connectivity index (χ1v) is 10.9. The Morgan fingerprint density at radius 2 is 2.18 bits per heavy atom. The SMILES string of the molecule is C=CCCCC1C[C@@H](NC(=O)/C=C(/C)CCC=C)C[C@](O)([C@@H]2CSC(=O)N2)O1. The Balaban J connectivity index is 2.04. The Morgan fingerprint density at radius 3 is 2.82 bits per heavy atom. The number of aliphatic hydroxyl groups is 1. The van der Waals surface area contributed by atoms with E-state index in [2.05, 4.69) is 23.8 Å². The van der Waals surface area contributed by atoms with Crippen LogP contribution in [-0.4, -0.2) is 46.0 Å². The van der Waals surface area contributed by atoms with Gasteiger partial charge in [0.2, 0.25) is 5.91 Å². The van der Waals surface area contributed by atoms with E-state index < -0.39 is 11.8 Å². The Bertz CT molecular complexity index is 622. The van der Waals surface area contributed by atoms with Crippen molar-refractivity contribution in [2.45, 2.75) is 75.8 Å². The molecule has 7 heteroatoms. The normalized spacial score (nSPS) is 30.6. The number of hydrogen-bond donors (Lipinski definition) is 3. The molecule has 3 N–H and O–H groups in total. The van der Waals surface area contributed by atoms with Crippen molar-refractivity contribution < 1.29 is 19.4 Å². The number of allylic oxidation sites excluding steroid dienone is 3. The summed E-state index contributed by atoms with van der Waals surface area (Å²) in [5.41, 5.74) is 0.988. The number of unbranched alkanes of at least 4 members (excludes halogenated alkanes) is 1. The topological polar surface area (TPSA) is 87.7 Å². The van der Waals surface area contributed by atoms with Crippen LogP contribution in [0.2, 0.25) is 0 Å². The third-order valence-corrected chi connectivity index (χ3v) is 5.96. The van der Waals surface area contributed by atoms with Crippen LogP contribution in [0.5, 0.6) is 0 Å². The summed E-state index contributed by atoms with van der Waals surface area (Å²) in [6.07, 6.45) is 10.2. The van der Waals surface area contributed by atoms with Gasteiger partial charge in [0.25, 0.3) is 5.24 Å². The lowest BCUT2D eigenvalue weighted by Gasteiger charge is -2.44. The van der Waals surface area contributed by atoms with E-state index in [-0.39, 0.29) is 29.7 Å². The first kappa shape index (κ1) is 22.7. The molecule has 0 bridgehead atoms. The van der Waals surface area contributed by atoms with Crippen LogP contribution in [0.4, 0.5) is 4.79 Å². The molecule has 2 rings (SSSR count). The van der Waals surface area contributed by atoms with Gasteiger partial charge >= 0.3 is 0 Å². The molecule has 0 spiro atoms. The molecule has 2 fully saturated rings. The average Bonchev–Trinajstić information content (AvgIpc) is 3.07. The fourth-order valence-electron chi connectivity index (χ4n) is 3.64. The van der Waals surface area contributed by atoms with Crippen molar-refractivity contribution in [3.05, 3.63) is 37.0 Å². The summed E-state index contributed by atoms with van der Waals surface area (Å²) < 4.78 is 6.01. The lowest BCUT2D eigenvalue weighted by molar-refractivity contribution is -0.269. The van der Waals surface area contributed by atoms with E-state index in [0.717, 1.165) is 49.4 Å². The molecule has 4 atom stereocenters. The number of amides is 2. The standard InChI is InChI=1S/C21H32N2O4S/c1-4-6-8-10-17-12-16(22-19(24)11-15(3)9-7-5-2)13-21(26,27-17)18-14-28-20(25)23-18/h4-5,11,16-18,26H,1-2,6-10,12-14H2,3H3,(H,22,24)(H,23,25)/b15-11-/t16-,17?,18+,21-/m1/s1. The van der Waals surface area contributed by atoms with E-state index >= 15 is 0 Å². The van der Waals surface area contributed by atoms with Crippen molar-refractivity contribution in [2.24, 2.45) is 0 Å². The number of ether oxygens (including phenoxy) is 1. The molecule has 2 heterocycles. The van der Waals surface area contributed by atoms with Gasteiger partial charge in [-0.2, -0.15) is 0 Å². The predicted molar refractivity (Wildman–Crippen MR) is 113 cm³/mol. The zero-order valence-corrected chi connectivity index (χ0v) is 17.4. The Labute approximate surface area is 171 Å². The second kappa shape index (κ2) is 10.8. The van der Waals surface area contributed by atoms with Crippen LogP contribution in [0.1, 0.15) is 51.9 Å². The third kappa shape index (κ3) is 6.79. The molecule has 0 aromatic rings. The maximum atomic E-state index is 12.4. The van der Waals surface area contributed by atoms with Crippen molar-refractivity contribution in [3.63, 3.8) is 0 Å². The van der Waals surface area contributed by atoms with E-state index in [4.69, 9.17) is 4.74 Å². The van der Waals surface area contributed by atoms with Crippen LogP contribution in [-0.2, 0) is 9.53 Å². The van der Waals surface area contributed by atoms with Crippen molar-refractivity contribution in [1.82, 2.24) is 10.6 Å². The lowest BCUT2D eigenvalue weighted by atomic mass is 9.90. The number of nitrogens with one attached hydrogen (secondary N) is 2. The highest BCUT2D eigenvalue weighted by Gasteiger charge is 2.48. The molecule has 2 aliphatic heterocycles. The first-order chi connectivity index (χ1) is 13.4. The summed E-state index contributed by atoms with van der Waals surface area (Å²) in [4.78, 5) is 24.0. The lowest BCUT2D eigenvalue weighted by Crippen LogP contribution is -2.60. The second-order valence-corrected chi connectivity index (χ2v) is 8.56. The maximum absolute atomic E-state index is 12.4. The smallest absolute Gasteiger partial charge is 0.279 e. The fraction of sp³-hybridized carbons (Fsp3) is 0.619. The van der Waals surface area contributed by atoms with Gasteiger partial charge in [0.15, 0.2) is 5.79 Å². The van der Waals surface area contributed by atoms with Gasteiger partial charge in [-0.15, -0.1) is 13.2 Å². The predicted octanol–water partition coefficient (Wildman–Crippen LogP) is 3.43. The molecule has 0 saturated carbocycles. The molecule has 2 amide bonds. The van der Waals surface area contributed by atoms with E-state index in [1.807, 2.05) is 19.1 Å². The summed E-state index contributed by atoms with van der Waals surface area (Å²) in [5, 5.41) is 16.8. The summed E-state index contributed by atoms with van der Waals surface area (Å²) in [6, 6.07) is -0.692. The van der Waals surface area contributed by atoms with Crippen LogP contribution in [0.25, 0.3) is 0 Å². The number of hydrogen-bond acceptors (Lipinski definition) is 5. The monoisotopic (exact) mass is 408 g/mol. The first-order valence-electron chi connectivity index (χ1n) is 9.89. The van der Waals surface area contributed by atoms with E-state index in [9.17, 15) is 14.7 Å². The number of rotatable bonds is 10. The molecule has 1 unspecified atom stereocenters. The maximum Gasteiger partial charge on any atom is 0.279 e. The van der Waals surface area contributed by atoms with Gasteiger partial charge < -0.3 is 20.5 Å². The molecular formula is C21H32N2O4S. The van der Waals surface area contributed by atoms with E-state index in [1.165, 1.54) is 0 Å². The van der Waals surface area contributed by atoms with Gasteiger partial charge in [0.1, 0.15) is 0 Å². The Kier molecular flexibility index (Phi) is 8.79.